The molecule has 2 rings (SSSR count). The van der Waals surface area contributed by atoms with Crippen LogP contribution in [0.5, 0.6) is 11.5 Å². The molecule has 0 saturated heterocycles. The van der Waals surface area contributed by atoms with E-state index in [1.807, 2.05) is 13.0 Å². The van der Waals surface area contributed by atoms with Crippen LogP contribution in [-0.4, -0.2) is 46.2 Å². The number of methoxy groups -OCH3 is 1. The molecular formula is C23H27NO5S. The highest BCUT2D eigenvalue weighted by Crippen LogP contribution is 2.28. The lowest BCUT2D eigenvalue weighted by Gasteiger charge is -2.24. The highest BCUT2D eigenvalue weighted by molar-refractivity contribution is 7.90. The summed E-state index contributed by atoms with van der Waals surface area (Å²) in [4.78, 5) is 14.4. The van der Waals surface area contributed by atoms with Crippen LogP contribution in [0.3, 0.4) is 0 Å². The molecule has 6 nitrogen and oxygen atoms in total. The largest absolute Gasteiger partial charge is 0.493 e. The van der Waals surface area contributed by atoms with E-state index >= 15 is 0 Å². The molecule has 7 heteroatoms. The zero-order valence-corrected chi connectivity index (χ0v) is 18.5. The predicted octanol–water partition coefficient (Wildman–Crippen LogP) is 3.90. The van der Waals surface area contributed by atoms with Gasteiger partial charge in [0.05, 0.1) is 18.0 Å². The number of carbonyl (C=O) groups is 1. The third kappa shape index (κ3) is 5.97. The van der Waals surface area contributed by atoms with Crippen molar-refractivity contribution in [2.75, 3.05) is 27.0 Å². The Morgan fingerprint density at radius 2 is 1.83 bits per heavy atom. The van der Waals surface area contributed by atoms with E-state index in [1.54, 1.807) is 67.6 Å². The van der Waals surface area contributed by atoms with Gasteiger partial charge in [0, 0.05) is 19.4 Å². The number of benzene rings is 2. The van der Waals surface area contributed by atoms with E-state index in [0.29, 0.717) is 18.1 Å². The molecule has 0 radical (unpaired) electrons. The quantitative estimate of drug-likeness (QED) is 0.447. The van der Waals surface area contributed by atoms with Crippen LogP contribution in [0.4, 0.5) is 0 Å². The Morgan fingerprint density at radius 3 is 2.40 bits per heavy atom. The lowest BCUT2D eigenvalue weighted by molar-refractivity contribution is -0.126. The summed E-state index contributed by atoms with van der Waals surface area (Å²) in [7, 11) is 0.00673. The van der Waals surface area contributed by atoms with Gasteiger partial charge >= 0.3 is 0 Å². The van der Waals surface area contributed by atoms with Crippen LogP contribution in [0.1, 0.15) is 24.1 Å². The summed E-state index contributed by atoms with van der Waals surface area (Å²) in [6, 6.07) is 11.7. The van der Waals surface area contributed by atoms with Crippen molar-refractivity contribution in [3.63, 3.8) is 0 Å². The second-order valence-electron chi connectivity index (χ2n) is 6.81. The van der Waals surface area contributed by atoms with Crippen LogP contribution in [0.15, 0.2) is 66.1 Å². The second-order valence-corrected chi connectivity index (χ2v) is 8.83. The highest BCUT2D eigenvalue weighted by Gasteiger charge is 2.16. The number of rotatable bonds is 9. The first-order chi connectivity index (χ1) is 14.2. The molecular weight excluding hydrogens is 402 g/mol. The van der Waals surface area contributed by atoms with Crippen molar-refractivity contribution in [2.24, 2.45) is 0 Å². The number of nitrogens with zero attached hydrogens (tertiary/aromatic N) is 1. The summed E-state index contributed by atoms with van der Waals surface area (Å²) in [6.45, 7) is 5.88. The lowest BCUT2D eigenvalue weighted by Crippen LogP contribution is -2.28. The van der Waals surface area contributed by atoms with Crippen LogP contribution in [-0.2, 0) is 14.6 Å². The van der Waals surface area contributed by atoms with Crippen molar-refractivity contribution in [2.45, 2.75) is 17.9 Å². The van der Waals surface area contributed by atoms with E-state index in [4.69, 9.17) is 9.47 Å². The zero-order valence-electron chi connectivity index (χ0n) is 17.7. The molecule has 0 bridgehead atoms. The molecule has 0 aromatic heterocycles. The first kappa shape index (κ1) is 23.2. The van der Waals surface area contributed by atoms with Crippen molar-refractivity contribution in [3.05, 3.63) is 72.3 Å². The molecule has 30 heavy (non-hydrogen) atoms. The molecule has 0 N–H and O–H groups in total. The average Bonchev–Trinajstić information content (AvgIpc) is 2.74. The third-order valence-electron chi connectivity index (χ3n) is 4.68. The summed E-state index contributed by atoms with van der Waals surface area (Å²) < 4.78 is 34.1. The molecule has 160 valence electrons. The van der Waals surface area contributed by atoms with Gasteiger partial charge in [-0.15, -0.1) is 0 Å². The van der Waals surface area contributed by atoms with Gasteiger partial charge in [-0.05, 0) is 48.4 Å². The molecule has 0 spiro atoms. The lowest BCUT2D eigenvalue weighted by atomic mass is 10.1. The predicted molar refractivity (Wildman–Crippen MR) is 118 cm³/mol. The number of ether oxygens (including phenoxy) is 2. The van der Waals surface area contributed by atoms with Crippen LogP contribution in [0.25, 0.3) is 6.08 Å². The SMILES string of the molecule is C=CCOc1ccc(C=CC(=O)N(C)C(C)c2ccc(S(C)(=O)=O)cc2)cc1OC. The molecule has 2 aromatic carbocycles. The van der Waals surface area contributed by atoms with Crippen molar-refractivity contribution < 1.29 is 22.7 Å². The molecule has 1 atom stereocenters. The van der Waals surface area contributed by atoms with Crippen molar-refractivity contribution in [3.8, 4) is 11.5 Å². The van der Waals surface area contributed by atoms with E-state index < -0.39 is 9.84 Å². The molecule has 0 aliphatic carbocycles. The number of carbonyl (C=O) groups excluding carboxylic acids is 1. The second kappa shape index (κ2) is 10.1. The zero-order chi connectivity index (χ0) is 22.3. The molecule has 1 amide bonds. The van der Waals surface area contributed by atoms with Gasteiger partial charge in [-0.3, -0.25) is 4.79 Å². The Balaban J connectivity index is 2.10. The number of likely N-dealkylation sites (N-methyl/N-ethyl adjacent to an activating group) is 1. The maximum absolute atomic E-state index is 12.6. The number of amides is 1. The Bertz CT molecular complexity index is 1030. The van der Waals surface area contributed by atoms with Crippen molar-refractivity contribution >= 4 is 21.8 Å². The van der Waals surface area contributed by atoms with Gasteiger partial charge in [0.15, 0.2) is 21.3 Å². The minimum Gasteiger partial charge on any atom is -0.493 e. The van der Waals surface area contributed by atoms with E-state index in [1.165, 1.54) is 12.3 Å². The Hall–Kier alpha value is -3.06. The molecule has 0 saturated carbocycles. The van der Waals surface area contributed by atoms with Gasteiger partial charge in [0.25, 0.3) is 0 Å². The van der Waals surface area contributed by atoms with Gasteiger partial charge in [-0.25, -0.2) is 8.42 Å². The summed E-state index contributed by atoms with van der Waals surface area (Å²) in [6.07, 6.45) is 6.01. The normalized spacial score (nSPS) is 12.4. The van der Waals surface area contributed by atoms with Crippen LogP contribution in [0.2, 0.25) is 0 Å². The third-order valence-corrected chi connectivity index (χ3v) is 5.81. The maximum Gasteiger partial charge on any atom is 0.246 e. The maximum atomic E-state index is 12.6. The first-order valence-corrected chi connectivity index (χ1v) is 11.2. The van der Waals surface area contributed by atoms with Crippen LogP contribution >= 0.6 is 0 Å². The summed E-state index contributed by atoms with van der Waals surface area (Å²) in [5.74, 6) is 0.990. The fourth-order valence-corrected chi connectivity index (χ4v) is 3.38. The van der Waals surface area contributed by atoms with E-state index in [9.17, 15) is 13.2 Å². The summed E-state index contributed by atoms with van der Waals surface area (Å²) in [5.41, 5.74) is 1.64. The fourth-order valence-electron chi connectivity index (χ4n) is 2.75. The standard InChI is InChI=1S/C23H27NO5S/c1-6-15-29-21-13-7-18(16-22(21)28-4)8-14-23(25)24(3)17(2)19-9-11-20(12-10-19)30(5,26)27/h6-14,16-17H,1,15H2,2-5H3. The minimum absolute atomic E-state index is 0.180. The molecule has 0 aliphatic rings. The molecule has 0 aliphatic heterocycles. The first-order valence-electron chi connectivity index (χ1n) is 9.34. The van der Waals surface area contributed by atoms with Crippen molar-refractivity contribution in [1.29, 1.82) is 0 Å². The van der Waals surface area contributed by atoms with Gasteiger partial charge < -0.3 is 14.4 Å². The van der Waals surface area contributed by atoms with Gasteiger partial charge in [-0.1, -0.05) is 30.9 Å². The topological polar surface area (TPSA) is 72.9 Å². The average molecular weight is 430 g/mol. The minimum atomic E-state index is -3.25. The Labute approximate surface area is 178 Å². The van der Waals surface area contributed by atoms with Gasteiger partial charge in [0.2, 0.25) is 5.91 Å². The van der Waals surface area contributed by atoms with Crippen LogP contribution in [0, 0.1) is 0 Å². The van der Waals surface area contributed by atoms with Crippen LogP contribution < -0.4 is 9.47 Å². The van der Waals surface area contributed by atoms with Crippen molar-refractivity contribution in [1.82, 2.24) is 4.90 Å². The highest BCUT2D eigenvalue weighted by atomic mass is 32.2. The van der Waals surface area contributed by atoms with Gasteiger partial charge in [0.1, 0.15) is 6.61 Å². The van der Waals surface area contributed by atoms with E-state index in [2.05, 4.69) is 6.58 Å². The molecule has 0 heterocycles. The summed E-state index contributed by atoms with van der Waals surface area (Å²) >= 11 is 0. The Morgan fingerprint density at radius 1 is 1.17 bits per heavy atom. The summed E-state index contributed by atoms with van der Waals surface area (Å²) in [5, 5.41) is 0. The van der Waals surface area contributed by atoms with Gasteiger partial charge in [-0.2, -0.15) is 0 Å². The molecule has 0 fully saturated rings. The number of hydrogen-bond acceptors (Lipinski definition) is 5. The smallest absolute Gasteiger partial charge is 0.246 e. The monoisotopic (exact) mass is 429 g/mol. The Kier molecular flexibility index (Phi) is 7.83. The van der Waals surface area contributed by atoms with E-state index in [0.717, 1.165) is 11.1 Å². The molecule has 1 unspecified atom stereocenters. The number of sulfone groups is 1. The van der Waals surface area contributed by atoms with E-state index in [-0.39, 0.29) is 16.8 Å². The number of hydrogen-bond donors (Lipinski definition) is 0. The molecule has 2 aromatic rings. The fraction of sp³-hybridized carbons (Fsp3) is 0.261.